The Labute approximate surface area is 186 Å². The topological polar surface area (TPSA) is 139 Å². The van der Waals surface area contributed by atoms with Gasteiger partial charge in [0.25, 0.3) is 11.8 Å². The number of amides is 2. The number of sulfone groups is 1. The van der Waals surface area contributed by atoms with Crippen molar-refractivity contribution in [1.82, 2.24) is 10.0 Å². The van der Waals surface area contributed by atoms with Crippen LogP contribution in [0.4, 0.5) is 5.69 Å². The second-order valence-corrected chi connectivity index (χ2v) is 12.0. The van der Waals surface area contributed by atoms with Crippen LogP contribution < -0.4 is 15.4 Å². The molecule has 2 aliphatic rings. The summed E-state index contributed by atoms with van der Waals surface area (Å²) >= 11 is 0. The smallest absolute Gasteiger partial charge is 0.255 e. The van der Waals surface area contributed by atoms with Crippen LogP contribution in [0.15, 0.2) is 53.4 Å². The number of benzene rings is 2. The van der Waals surface area contributed by atoms with Crippen molar-refractivity contribution in [2.24, 2.45) is 0 Å². The van der Waals surface area contributed by atoms with E-state index in [1.165, 1.54) is 24.3 Å². The fraction of sp³-hybridized carbons (Fsp3) is 0.333. The number of hydrogen-bond acceptors (Lipinski definition) is 6. The van der Waals surface area contributed by atoms with Crippen LogP contribution in [0.1, 0.15) is 40.0 Å². The lowest BCUT2D eigenvalue weighted by atomic mass is 10.1. The molecule has 1 aliphatic heterocycles. The van der Waals surface area contributed by atoms with Crippen molar-refractivity contribution in [3.05, 3.63) is 59.7 Å². The number of carbonyl (C=O) groups is 2. The molecular weight excluding hydrogens is 454 g/mol. The summed E-state index contributed by atoms with van der Waals surface area (Å²) in [6.45, 7) is 0. The van der Waals surface area contributed by atoms with Gasteiger partial charge in [-0.3, -0.25) is 9.59 Å². The minimum absolute atomic E-state index is 0.0519. The fourth-order valence-electron chi connectivity index (χ4n) is 3.38. The van der Waals surface area contributed by atoms with Crippen LogP contribution in [0.5, 0.6) is 0 Å². The molecule has 0 bridgehead atoms. The summed E-state index contributed by atoms with van der Waals surface area (Å²) < 4.78 is 50.8. The second-order valence-electron chi connectivity index (χ2n) is 8.03. The number of sulfonamides is 1. The number of nitrogens with one attached hydrogen (secondary N) is 3. The number of anilines is 1. The van der Waals surface area contributed by atoms with Gasteiger partial charge in [0, 0.05) is 28.9 Å². The Hall–Kier alpha value is -2.76. The van der Waals surface area contributed by atoms with E-state index in [4.69, 9.17) is 0 Å². The molecule has 1 aliphatic carbocycles. The molecule has 1 saturated heterocycles. The second kappa shape index (κ2) is 8.64. The normalized spacial score (nSPS) is 19.9. The molecule has 4 rings (SSSR count). The maximum absolute atomic E-state index is 12.6. The van der Waals surface area contributed by atoms with Crippen LogP contribution in [-0.2, 0) is 19.9 Å². The van der Waals surface area contributed by atoms with Gasteiger partial charge in [0.15, 0.2) is 9.84 Å². The SMILES string of the molecule is O=C(Nc1ccc(C(=O)NC2CC2)cc1)c1cccc(S(=O)(=O)NC2CCS(=O)(=O)C2)c1. The van der Waals surface area contributed by atoms with Crippen molar-refractivity contribution in [3.8, 4) is 0 Å². The maximum atomic E-state index is 12.6. The summed E-state index contributed by atoms with van der Waals surface area (Å²) in [4.78, 5) is 24.5. The largest absolute Gasteiger partial charge is 0.349 e. The van der Waals surface area contributed by atoms with Crippen LogP contribution in [0.25, 0.3) is 0 Å². The summed E-state index contributed by atoms with van der Waals surface area (Å²) in [5.41, 5.74) is 1.07. The molecule has 9 nitrogen and oxygen atoms in total. The van der Waals surface area contributed by atoms with Crippen molar-refractivity contribution in [2.75, 3.05) is 16.8 Å². The Bertz CT molecular complexity index is 1250. The monoisotopic (exact) mass is 477 g/mol. The van der Waals surface area contributed by atoms with Gasteiger partial charge in [-0.15, -0.1) is 0 Å². The van der Waals surface area contributed by atoms with E-state index >= 15 is 0 Å². The van der Waals surface area contributed by atoms with Crippen LogP contribution in [-0.4, -0.2) is 52.2 Å². The molecule has 2 aromatic rings. The highest BCUT2D eigenvalue weighted by Gasteiger charge is 2.31. The summed E-state index contributed by atoms with van der Waals surface area (Å²) in [7, 11) is -7.22. The Morgan fingerprint density at radius 3 is 2.22 bits per heavy atom. The first-order chi connectivity index (χ1) is 15.1. The number of carbonyl (C=O) groups excluding carboxylic acids is 2. The first-order valence-electron chi connectivity index (χ1n) is 10.2. The summed E-state index contributed by atoms with van der Waals surface area (Å²) in [5.74, 6) is -0.961. The molecular formula is C21H23N3O6S2. The van der Waals surface area contributed by atoms with Crippen molar-refractivity contribution >= 4 is 37.4 Å². The first-order valence-corrected chi connectivity index (χ1v) is 13.5. The Balaban J connectivity index is 1.42. The molecule has 1 heterocycles. The van der Waals surface area contributed by atoms with E-state index in [1.807, 2.05) is 0 Å². The van der Waals surface area contributed by atoms with Crippen molar-refractivity contribution in [2.45, 2.75) is 36.2 Å². The predicted molar refractivity (Wildman–Crippen MR) is 119 cm³/mol. The Morgan fingerprint density at radius 2 is 1.59 bits per heavy atom. The van der Waals surface area contributed by atoms with Gasteiger partial charge in [-0.2, -0.15) is 0 Å². The lowest BCUT2D eigenvalue weighted by Gasteiger charge is -2.12. The highest BCUT2D eigenvalue weighted by atomic mass is 32.2. The molecule has 1 saturated carbocycles. The van der Waals surface area contributed by atoms with E-state index in [0.29, 0.717) is 11.3 Å². The lowest BCUT2D eigenvalue weighted by molar-refractivity contribution is 0.0950. The zero-order chi connectivity index (χ0) is 22.9. The third-order valence-electron chi connectivity index (χ3n) is 5.28. The van der Waals surface area contributed by atoms with Gasteiger partial charge >= 0.3 is 0 Å². The highest BCUT2D eigenvalue weighted by Crippen LogP contribution is 2.20. The summed E-state index contributed by atoms with van der Waals surface area (Å²) in [6.07, 6.45) is 2.20. The maximum Gasteiger partial charge on any atom is 0.255 e. The van der Waals surface area contributed by atoms with Crippen LogP contribution in [0, 0.1) is 0 Å². The van der Waals surface area contributed by atoms with Gasteiger partial charge in [0.05, 0.1) is 16.4 Å². The Morgan fingerprint density at radius 1 is 0.875 bits per heavy atom. The minimum atomic E-state index is -3.98. The first kappa shape index (κ1) is 22.4. The fourth-order valence-corrected chi connectivity index (χ4v) is 6.48. The molecule has 170 valence electrons. The van der Waals surface area contributed by atoms with E-state index in [1.54, 1.807) is 24.3 Å². The van der Waals surface area contributed by atoms with Gasteiger partial charge < -0.3 is 10.6 Å². The van der Waals surface area contributed by atoms with E-state index in [2.05, 4.69) is 15.4 Å². The van der Waals surface area contributed by atoms with E-state index in [-0.39, 0.29) is 40.3 Å². The molecule has 0 radical (unpaired) electrons. The van der Waals surface area contributed by atoms with Gasteiger partial charge in [-0.1, -0.05) is 6.07 Å². The van der Waals surface area contributed by atoms with E-state index < -0.39 is 31.8 Å². The van der Waals surface area contributed by atoms with Gasteiger partial charge in [-0.05, 0) is 61.7 Å². The van der Waals surface area contributed by atoms with Gasteiger partial charge in [-0.25, -0.2) is 21.6 Å². The minimum Gasteiger partial charge on any atom is -0.349 e. The molecule has 32 heavy (non-hydrogen) atoms. The lowest BCUT2D eigenvalue weighted by Crippen LogP contribution is -2.35. The zero-order valence-electron chi connectivity index (χ0n) is 17.1. The van der Waals surface area contributed by atoms with Crippen LogP contribution >= 0.6 is 0 Å². The van der Waals surface area contributed by atoms with Crippen molar-refractivity contribution < 1.29 is 26.4 Å². The predicted octanol–water partition coefficient (Wildman–Crippen LogP) is 1.30. The standard InChI is InChI=1S/C21H23N3O6S2/c25-20(22-17-8-9-17)14-4-6-16(7-5-14)23-21(26)15-2-1-3-19(12-15)32(29,30)24-18-10-11-31(27,28)13-18/h1-7,12,17-18,24H,8-11,13H2,(H,22,25)(H,23,26). The average Bonchev–Trinajstić information content (AvgIpc) is 3.50. The van der Waals surface area contributed by atoms with Gasteiger partial charge in [0.2, 0.25) is 10.0 Å². The Kier molecular flexibility index (Phi) is 6.06. The number of hydrogen-bond donors (Lipinski definition) is 3. The van der Waals surface area contributed by atoms with Crippen LogP contribution in [0.2, 0.25) is 0 Å². The van der Waals surface area contributed by atoms with E-state index in [9.17, 15) is 26.4 Å². The summed E-state index contributed by atoms with van der Waals surface area (Å²) in [6, 6.07) is 11.5. The molecule has 1 atom stereocenters. The third kappa shape index (κ3) is 5.53. The molecule has 0 spiro atoms. The molecule has 2 fully saturated rings. The third-order valence-corrected chi connectivity index (χ3v) is 8.56. The molecule has 0 aromatic heterocycles. The van der Waals surface area contributed by atoms with Crippen molar-refractivity contribution in [1.29, 1.82) is 0 Å². The average molecular weight is 478 g/mol. The zero-order valence-corrected chi connectivity index (χ0v) is 18.7. The number of rotatable bonds is 7. The molecule has 11 heteroatoms. The molecule has 2 amide bonds. The summed E-state index contributed by atoms with van der Waals surface area (Å²) in [5, 5.41) is 5.56. The highest BCUT2D eigenvalue weighted by molar-refractivity contribution is 7.92. The van der Waals surface area contributed by atoms with E-state index in [0.717, 1.165) is 12.8 Å². The van der Waals surface area contributed by atoms with Crippen molar-refractivity contribution in [3.63, 3.8) is 0 Å². The quantitative estimate of drug-likeness (QED) is 0.549. The molecule has 3 N–H and O–H groups in total. The van der Waals surface area contributed by atoms with Crippen LogP contribution in [0.3, 0.4) is 0 Å². The van der Waals surface area contributed by atoms with Gasteiger partial charge in [0.1, 0.15) is 0 Å². The molecule has 2 aromatic carbocycles. The molecule has 1 unspecified atom stereocenters.